The monoisotopic (exact) mass is 216 g/mol. The Labute approximate surface area is 96.2 Å². The predicted molar refractivity (Wildman–Crippen MR) is 62.4 cm³/mol. The van der Waals surface area contributed by atoms with Crippen LogP contribution in [0.3, 0.4) is 0 Å². The third kappa shape index (κ3) is 2.02. The van der Waals surface area contributed by atoms with Crippen molar-refractivity contribution in [2.45, 2.75) is 18.9 Å². The molecule has 3 heteroatoms. The van der Waals surface area contributed by atoms with E-state index in [-0.39, 0.29) is 6.04 Å². The molecule has 0 bridgehead atoms. The van der Waals surface area contributed by atoms with Gasteiger partial charge in [-0.2, -0.15) is 5.26 Å². The normalized spacial score (nSPS) is 20.0. The zero-order valence-corrected chi connectivity index (χ0v) is 9.68. The molecule has 84 valence electrons. The second-order valence-electron chi connectivity index (χ2n) is 4.29. The van der Waals surface area contributed by atoms with Crippen LogP contribution in [0.25, 0.3) is 0 Å². The fourth-order valence-electron chi connectivity index (χ4n) is 1.98. The highest BCUT2D eigenvalue weighted by Gasteiger charge is 2.25. The zero-order valence-electron chi connectivity index (χ0n) is 9.68. The van der Waals surface area contributed by atoms with Crippen molar-refractivity contribution in [3.05, 3.63) is 29.8 Å². The highest BCUT2D eigenvalue weighted by Crippen LogP contribution is 2.33. The van der Waals surface area contributed by atoms with E-state index < -0.39 is 0 Å². The van der Waals surface area contributed by atoms with Crippen molar-refractivity contribution >= 4 is 0 Å². The molecule has 2 unspecified atom stereocenters. The zero-order chi connectivity index (χ0) is 11.5. The number of hydrogen-bond acceptors (Lipinski definition) is 3. The molecule has 0 radical (unpaired) electrons. The third-order valence-electron chi connectivity index (χ3n) is 3.16. The fourth-order valence-corrected chi connectivity index (χ4v) is 1.98. The molecule has 2 atom stereocenters. The Balaban J connectivity index is 2.06. The van der Waals surface area contributed by atoms with Gasteiger partial charge < -0.3 is 4.74 Å². The van der Waals surface area contributed by atoms with Gasteiger partial charge in [0.15, 0.2) is 0 Å². The Morgan fingerprint density at radius 3 is 3.06 bits per heavy atom. The molecular formula is C13H16N2O. The van der Waals surface area contributed by atoms with Gasteiger partial charge >= 0.3 is 0 Å². The SMILES string of the molecule is CC(C#N)N(C)CC1COc2ccccc21. The van der Waals surface area contributed by atoms with Gasteiger partial charge in [0.05, 0.1) is 18.7 Å². The molecule has 16 heavy (non-hydrogen) atoms. The van der Waals surface area contributed by atoms with Gasteiger partial charge in [-0.15, -0.1) is 0 Å². The molecule has 0 N–H and O–H groups in total. The number of ether oxygens (including phenoxy) is 1. The number of nitriles is 1. The molecule has 1 aromatic rings. The lowest BCUT2D eigenvalue weighted by Crippen LogP contribution is -2.32. The maximum Gasteiger partial charge on any atom is 0.122 e. The van der Waals surface area contributed by atoms with Crippen LogP contribution >= 0.6 is 0 Å². The molecule has 0 saturated heterocycles. The minimum absolute atomic E-state index is 0.0484. The summed E-state index contributed by atoms with van der Waals surface area (Å²) in [5.74, 6) is 1.38. The first kappa shape index (κ1) is 11.0. The van der Waals surface area contributed by atoms with E-state index in [2.05, 4.69) is 17.0 Å². The van der Waals surface area contributed by atoms with Gasteiger partial charge in [-0.05, 0) is 20.0 Å². The van der Waals surface area contributed by atoms with Crippen molar-refractivity contribution in [2.75, 3.05) is 20.2 Å². The smallest absolute Gasteiger partial charge is 0.122 e. The number of benzene rings is 1. The lowest BCUT2D eigenvalue weighted by atomic mass is 10.0. The molecule has 3 nitrogen and oxygen atoms in total. The molecule has 1 aliphatic rings. The molecule has 0 aromatic heterocycles. The molecule has 0 saturated carbocycles. The molecule has 1 aromatic carbocycles. The summed E-state index contributed by atoms with van der Waals surface area (Å²) in [5, 5.41) is 8.85. The molecule has 0 aliphatic carbocycles. The highest BCUT2D eigenvalue weighted by atomic mass is 16.5. The maximum absolute atomic E-state index is 8.85. The van der Waals surface area contributed by atoms with Crippen molar-refractivity contribution in [3.63, 3.8) is 0 Å². The van der Waals surface area contributed by atoms with E-state index in [1.165, 1.54) is 5.56 Å². The van der Waals surface area contributed by atoms with Crippen LogP contribution < -0.4 is 4.74 Å². The number of fused-ring (bicyclic) bond motifs is 1. The number of likely N-dealkylation sites (N-methyl/N-ethyl adjacent to an activating group) is 1. The van der Waals surface area contributed by atoms with Crippen LogP contribution in [0.15, 0.2) is 24.3 Å². The molecule has 1 aliphatic heterocycles. The standard InChI is InChI=1S/C13H16N2O/c1-10(7-14)15(2)8-11-9-16-13-6-4-3-5-12(11)13/h3-6,10-11H,8-9H2,1-2H3. The third-order valence-corrected chi connectivity index (χ3v) is 3.16. The maximum atomic E-state index is 8.85. The average Bonchev–Trinajstić information content (AvgIpc) is 2.72. The molecule has 2 rings (SSSR count). The summed E-state index contributed by atoms with van der Waals surface area (Å²) in [7, 11) is 1.98. The number of hydrogen-bond donors (Lipinski definition) is 0. The van der Waals surface area contributed by atoms with Gasteiger partial charge in [0, 0.05) is 18.0 Å². The summed E-state index contributed by atoms with van der Waals surface area (Å²) in [6.45, 7) is 3.51. The van der Waals surface area contributed by atoms with Crippen molar-refractivity contribution < 1.29 is 4.74 Å². The minimum atomic E-state index is -0.0484. The van der Waals surface area contributed by atoms with E-state index in [1.807, 2.05) is 32.2 Å². The topological polar surface area (TPSA) is 36.3 Å². The van der Waals surface area contributed by atoms with Crippen LogP contribution in [-0.4, -0.2) is 31.1 Å². The second-order valence-corrected chi connectivity index (χ2v) is 4.29. The number of rotatable bonds is 3. The van der Waals surface area contributed by atoms with Crippen molar-refractivity contribution in [3.8, 4) is 11.8 Å². The van der Waals surface area contributed by atoms with E-state index in [9.17, 15) is 0 Å². The summed E-state index contributed by atoms with van der Waals surface area (Å²) in [6, 6.07) is 10.3. The Morgan fingerprint density at radius 1 is 1.56 bits per heavy atom. The van der Waals surface area contributed by atoms with Crippen LogP contribution in [0.4, 0.5) is 0 Å². The summed E-state index contributed by atoms with van der Waals surface area (Å²) in [6.07, 6.45) is 0. The van der Waals surface area contributed by atoms with Crippen LogP contribution in [0, 0.1) is 11.3 Å². The van der Waals surface area contributed by atoms with Crippen LogP contribution in [0.2, 0.25) is 0 Å². The summed E-state index contributed by atoms with van der Waals surface area (Å²) in [4.78, 5) is 2.07. The first-order valence-corrected chi connectivity index (χ1v) is 5.54. The van der Waals surface area contributed by atoms with E-state index in [0.29, 0.717) is 5.92 Å². The van der Waals surface area contributed by atoms with E-state index in [4.69, 9.17) is 10.00 Å². The first-order chi connectivity index (χ1) is 7.72. The summed E-state index contributed by atoms with van der Waals surface area (Å²) >= 11 is 0. The van der Waals surface area contributed by atoms with Gasteiger partial charge in [-0.1, -0.05) is 18.2 Å². The lowest BCUT2D eigenvalue weighted by Gasteiger charge is -2.22. The van der Waals surface area contributed by atoms with Gasteiger partial charge in [0.2, 0.25) is 0 Å². The molecule has 0 amide bonds. The Morgan fingerprint density at radius 2 is 2.31 bits per heavy atom. The predicted octanol–water partition coefficient (Wildman–Crippen LogP) is 2.01. The minimum Gasteiger partial charge on any atom is -0.493 e. The van der Waals surface area contributed by atoms with E-state index in [0.717, 1.165) is 18.9 Å². The van der Waals surface area contributed by atoms with Gasteiger partial charge in [-0.25, -0.2) is 0 Å². The van der Waals surface area contributed by atoms with Gasteiger partial charge in [0.25, 0.3) is 0 Å². The Hall–Kier alpha value is -1.53. The summed E-state index contributed by atoms with van der Waals surface area (Å²) in [5.41, 5.74) is 1.26. The Bertz CT molecular complexity index is 411. The first-order valence-electron chi connectivity index (χ1n) is 5.54. The van der Waals surface area contributed by atoms with Crippen LogP contribution in [-0.2, 0) is 0 Å². The van der Waals surface area contributed by atoms with E-state index >= 15 is 0 Å². The average molecular weight is 216 g/mol. The Kier molecular flexibility index (Phi) is 3.12. The largest absolute Gasteiger partial charge is 0.493 e. The highest BCUT2D eigenvalue weighted by molar-refractivity contribution is 5.39. The van der Waals surface area contributed by atoms with Crippen LogP contribution in [0.5, 0.6) is 5.75 Å². The quantitative estimate of drug-likeness (QED) is 0.775. The summed E-state index contributed by atoms with van der Waals surface area (Å²) < 4.78 is 5.62. The number of para-hydroxylation sites is 1. The van der Waals surface area contributed by atoms with Crippen LogP contribution in [0.1, 0.15) is 18.4 Å². The van der Waals surface area contributed by atoms with Crippen molar-refractivity contribution in [2.24, 2.45) is 0 Å². The van der Waals surface area contributed by atoms with E-state index in [1.54, 1.807) is 0 Å². The molecule has 1 heterocycles. The van der Waals surface area contributed by atoms with Gasteiger partial charge in [-0.3, -0.25) is 4.90 Å². The fraction of sp³-hybridized carbons (Fsp3) is 0.462. The van der Waals surface area contributed by atoms with Crippen molar-refractivity contribution in [1.29, 1.82) is 5.26 Å². The second kappa shape index (κ2) is 4.54. The lowest BCUT2D eigenvalue weighted by molar-refractivity contribution is 0.250. The molecule has 0 fully saturated rings. The van der Waals surface area contributed by atoms with Crippen molar-refractivity contribution in [1.82, 2.24) is 4.90 Å². The van der Waals surface area contributed by atoms with Gasteiger partial charge in [0.1, 0.15) is 5.75 Å². The number of nitrogens with zero attached hydrogens (tertiary/aromatic N) is 2. The molecular weight excluding hydrogens is 200 g/mol. The molecule has 0 spiro atoms.